The Labute approximate surface area is 731 Å². The van der Waals surface area contributed by atoms with Crippen molar-refractivity contribution in [3.63, 3.8) is 0 Å². The number of benzene rings is 3. The summed E-state index contributed by atoms with van der Waals surface area (Å²) < 4.78 is 0. The van der Waals surface area contributed by atoms with Crippen molar-refractivity contribution in [3.05, 3.63) is 95.7 Å². The number of hydrogen-bond donors (Lipinski definition) is 26. The molecule has 0 saturated carbocycles. The fourth-order valence-electron chi connectivity index (χ4n) is 14.0. The molecule has 13 amide bonds. The number of aliphatic imine (C=N–C) groups is 1. The molecule has 0 saturated heterocycles. The Morgan fingerprint density at radius 1 is 0.304 bits per heavy atom. The number of fused-ring (bicyclic) bond motifs is 1. The number of primary amides is 1. The summed E-state index contributed by atoms with van der Waals surface area (Å²) in [6, 6.07) is 2.42. The van der Waals surface area contributed by atoms with Gasteiger partial charge in [0.1, 0.15) is 84.0 Å². The van der Waals surface area contributed by atoms with E-state index in [4.69, 9.17) is 63.1 Å². The van der Waals surface area contributed by atoms with Gasteiger partial charge in [0.05, 0.1) is 0 Å². The van der Waals surface area contributed by atoms with Crippen LogP contribution in [0.4, 0.5) is 0 Å². The maximum atomic E-state index is 15.5. The molecule has 0 unspecified atom stereocenters. The molecule has 0 fully saturated rings. The van der Waals surface area contributed by atoms with E-state index in [0.717, 1.165) is 0 Å². The largest absolute Gasteiger partial charge is 0.508 e. The first-order valence-corrected chi connectivity index (χ1v) is 43.7. The van der Waals surface area contributed by atoms with Gasteiger partial charge in [-0.1, -0.05) is 42.5 Å². The minimum absolute atomic E-state index is 0.0136. The zero-order chi connectivity index (χ0) is 92.0. The number of nitrogens with one attached hydrogen (secondary N) is 13. The molecule has 4 rings (SSSR count). The number of unbranched alkanes of at least 4 members (excludes halogenated alkanes) is 8. The number of aromatic hydroxyl groups is 2. The Morgan fingerprint density at radius 2 is 0.544 bits per heavy atom. The number of hydrogen-bond acceptors (Lipinski definition) is 24. The zero-order valence-electron chi connectivity index (χ0n) is 72.3. The molecule has 0 aliphatic heterocycles. The van der Waals surface area contributed by atoms with E-state index in [9.17, 15) is 48.6 Å². The number of para-hydroxylation sites is 1. The van der Waals surface area contributed by atoms with Crippen LogP contribution >= 0.6 is 0 Å². The molecular formula is C85H141N25O15. The van der Waals surface area contributed by atoms with Gasteiger partial charge in [0.15, 0.2) is 5.96 Å². The van der Waals surface area contributed by atoms with Crippen molar-refractivity contribution < 1.29 is 72.5 Å². The molecule has 4 aromatic rings. The van der Waals surface area contributed by atoms with E-state index < -0.39 is 149 Å². The quantitative estimate of drug-likeness (QED) is 0.0119. The minimum Gasteiger partial charge on any atom is -0.508 e. The monoisotopic (exact) mass is 1750 g/mol. The van der Waals surface area contributed by atoms with Crippen molar-refractivity contribution >= 4 is 93.7 Å². The van der Waals surface area contributed by atoms with Crippen LogP contribution in [-0.2, 0) is 81.6 Å². The number of amides is 13. The van der Waals surface area contributed by atoms with Crippen molar-refractivity contribution in [1.82, 2.24) is 68.8 Å². The molecule has 696 valence electrons. The first kappa shape index (κ1) is 106. The Balaban J connectivity index is 1.77. The number of nitrogens with zero attached hydrogens (tertiary/aromatic N) is 1. The Bertz CT molecular complexity index is 4000. The molecule has 0 spiro atoms. The fraction of sp³-hybridized carbons (Fsp3) is 0.600. The van der Waals surface area contributed by atoms with Gasteiger partial charge in [-0.15, -0.1) is 0 Å². The Morgan fingerprint density at radius 3 is 0.816 bits per heavy atom. The highest BCUT2D eigenvalue weighted by Gasteiger charge is 2.38. The van der Waals surface area contributed by atoms with Gasteiger partial charge in [0, 0.05) is 49.8 Å². The van der Waals surface area contributed by atoms with Crippen LogP contribution in [-0.4, -0.2) is 229 Å². The van der Waals surface area contributed by atoms with E-state index in [1.54, 1.807) is 30.5 Å². The number of nitrogens with two attached hydrogens (primary N) is 11. The number of rotatable bonds is 66. The summed E-state index contributed by atoms with van der Waals surface area (Å²) in [5.74, 6) is -10.9. The molecule has 0 radical (unpaired) electrons. The molecule has 12 atom stereocenters. The zero-order valence-corrected chi connectivity index (χ0v) is 72.3. The summed E-state index contributed by atoms with van der Waals surface area (Å²) >= 11 is 0. The molecule has 1 heterocycles. The molecule has 3 aromatic carbocycles. The van der Waals surface area contributed by atoms with Crippen LogP contribution in [0.25, 0.3) is 10.9 Å². The smallest absolute Gasteiger partial charge is 0.243 e. The maximum Gasteiger partial charge on any atom is 0.243 e. The third-order valence-electron chi connectivity index (χ3n) is 21.1. The van der Waals surface area contributed by atoms with E-state index in [-0.39, 0.29) is 160 Å². The molecule has 40 nitrogen and oxygen atoms in total. The second-order valence-corrected chi connectivity index (χ2v) is 31.4. The number of guanidine groups is 1. The summed E-state index contributed by atoms with van der Waals surface area (Å²) in [4.78, 5) is 196. The summed E-state index contributed by atoms with van der Waals surface area (Å²) in [5.41, 5.74) is 66.2. The molecule has 125 heavy (non-hydrogen) atoms. The molecule has 0 aliphatic carbocycles. The van der Waals surface area contributed by atoms with Gasteiger partial charge >= 0.3 is 0 Å². The van der Waals surface area contributed by atoms with Gasteiger partial charge in [0.2, 0.25) is 76.8 Å². The van der Waals surface area contributed by atoms with Gasteiger partial charge in [-0.25, -0.2) is 0 Å². The van der Waals surface area contributed by atoms with Crippen LogP contribution in [0, 0.1) is 0 Å². The standard InChI is InChI=1S/C85H141N25O15/c1-53(111)99-62(24-5-13-41-87)74(115)108-71(50-55-34-38-58(113)39-35-55)83(124)109-70(49-54-32-36-57(112)37-33-54)82(123)107-69(31-20-48-97-85(95)96)81(122)110-72(51-56-52-98-60-22-3-2-21-59(56)60)84(125)106-68(30-11-19-47-93)80(121)105-67(29-10-18-46-92)79(120)104-66(28-9-17-45-91)78(119)103-65(27-8-16-44-90)77(118)102-64(26-7-15-43-89)76(117)101-63(25-6-14-42-88)75(116)100-61(73(94)114)23-4-12-40-86/h2-3,21-22,32-39,52,61-72,98,112-113H,4-20,23-31,40-51,86-93H2,1H3,(H2,94,114)(H,99,111)(H,100,116)(H,101,117)(H,102,118)(H,103,119)(H,104,120)(H,105,121)(H,106,125)(H,107,123)(H,108,115)(H,109,124)(H,110,122)(H4,95,96,97)/t61-,62-,63-,64-,65-,66-,67-,68-,69-,70-,71-,72-/m0/s1. The molecular weight excluding hydrogens is 1610 g/mol. The highest BCUT2D eigenvalue weighted by atomic mass is 16.3. The summed E-state index contributed by atoms with van der Waals surface area (Å²) in [6.45, 7) is 3.18. The van der Waals surface area contributed by atoms with Crippen LogP contribution in [0.2, 0.25) is 0 Å². The summed E-state index contributed by atoms with van der Waals surface area (Å²) in [7, 11) is 0. The number of carbonyl (C=O) groups excluding carboxylic acids is 13. The molecule has 40 heteroatoms. The normalized spacial score (nSPS) is 14.1. The van der Waals surface area contributed by atoms with Crippen molar-refractivity contribution in [3.8, 4) is 11.5 Å². The molecule has 1 aromatic heterocycles. The predicted molar refractivity (Wildman–Crippen MR) is 477 cm³/mol. The number of H-pyrrole nitrogens is 1. The predicted octanol–water partition coefficient (Wildman–Crippen LogP) is -2.98. The second-order valence-electron chi connectivity index (χ2n) is 31.4. The first-order valence-electron chi connectivity index (χ1n) is 43.7. The number of aromatic nitrogens is 1. The van der Waals surface area contributed by atoms with E-state index >= 15 is 24.0 Å². The summed E-state index contributed by atoms with van der Waals surface area (Å²) in [6.07, 6.45) is 7.68. The van der Waals surface area contributed by atoms with Crippen molar-refractivity contribution in [2.45, 2.75) is 266 Å². The number of phenols is 2. The fourth-order valence-corrected chi connectivity index (χ4v) is 14.0. The molecule has 0 bridgehead atoms. The van der Waals surface area contributed by atoms with Crippen molar-refractivity contribution in [2.24, 2.45) is 68.1 Å². The van der Waals surface area contributed by atoms with Gasteiger partial charge in [-0.3, -0.25) is 67.3 Å². The van der Waals surface area contributed by atoms with Crippen molar-refractivity contribution in [2.75, 3.05) is 58.9 Å². The topological polar surface area (TPSA) is 721 Å². The van der Waals surface area contributed by atoms with Crippen LogP contribution in [0.5, 0.6) is 11.5 Å². The van der Waals surface area contributed by atoms with Crippen LogP contribution in [0.15, 0.2) is 84.0 Å². The summed E-state index contributed by atoms with van der Waals surface area (Å²) in [5, 5.41) is 54.4. The average Bonchev–Trinajstić information content (AvgIpc) is 1.70. The second kappa shape index (κ2) is 60.4. The Kier molecular flexibility index (Phi) is 51.3. The van der Waals surface area contributed by atoms with Crippen molar-refractivity contribution in [1.29, 1.82) is 0 Å². The van der Waals surface area contributed by atoms with Gasteiger partial charge in [0.25, 0.3) is 0 Å². The van der Waals surface area contributed by atoms with Gasteiger partial charge in [-0.2, -0.15) is 0 Å². The molecule has 0 aliphatic rings. The number of aromatic amines is 1. The lowest BCUT2D eigenvalue weighted by molar-refractivity contribution is -0.136. The molecule has 37 N–H and O–H groups in total. The van der Waals surface area contributed by atoms with Crippen LogP contribution in [0.3, 0.4) is 0 Å². The lowest BCUT2D eigenvalue weighted by Crippen LogP contribution is -2.61. The maximum absolute atomic E-state index is 15.5. The van der Waals surface area contributed by atoms with Crippen LogP contribution < -0.4 is 127 Å². The van der Waals surface area contributed by atoms with Crippen LogP contribution in [0.1, 0.15) is 191 Å². The average molecular weight is 1750 g/mol. The lowest BCUT2D eigenvalue weighted by atomic mass is 10.00. The van der Waals surface area contributed by atoms with E-state index in [1.807, 2.05) is 0 Å². The highest BCUT2D eigenvalue weighted by Crippen LogP contribution is 2.22. The van der Waals surface area contributed by atoms with Gasteiger partial charge in [-0.05, 0) is 266 Å². The minimum atomic E-state index is -1.56. The first-order chi connectivity index (χ1) is 60.0. The third kappa shape index (κ3) is 41.0. The SMILES string of the molecule is CC(=O)N[C@@H](CCCCN)C(=O)N[C@@H](Cc1ccc(O)cc1)C(=O)N[C@@H](Cc1ccc(O)cc1)C(=O)N[C@@H](CCCN=C(N)N)C(=O)N[C@@H](Cc1c[nH]c2ccccc12)C(=O)N[C@@H](CCCCN)C(=O)N[C@@H](CCCCN)C(=O)N[C@@H](CCCCN)C(=O)N[C@@H](CCCCN)C(=O)N[C@@H](CCCCN)C(=O)N[C@@H](CCCCN)C(=O)N[C@@H](CCCCN)C(N)=O. The number of carbonyl (C=O) groups is 13. The van der Waals surface area contributed by atoms with Gasteiger partial charge < -0.3 is 142 Å². The lowest BCUT2D eigenvalue weighted by Gasteiger charge is -2.29. The third-order valence-corrected chi connectivity index (χ3v) is 21.1. The Hall–Kier alpha value is -11.1. The van der Waals surface area contributed by atoms with E-state index in [0.29, 0.717) is 131 Å². The highest BCUT2D eigenvalue weighted by molar-refractivity contribution is 6.00. The van der Waals surface area contributed by atoms with E-state index in [1.165, 1.54) is 55.5 Å². The van der Waals surface area contributed by atoms with E-state index in [2.05, 4.69) is 73.8 Å². The number of phenolic OH excluding ortho intramolecular Hbond substituents is 2.